The van der Waals surface area contributed by atoms with Crippen molar-refractivity contribution in [3.8, 4) is 56.4 Å². The number of hydrogen-bond donors (Lipinski definition) is 0. The van der Waals surface area contributed by atoms with E-state index in [4.69, 9.17) is 23.8 Å². The molecule has 0 atom stereocenters. The zero-order valence-corrected chi connectivity index (χ0v) is 33.2. The molecule has 0 aliphatic carbocycles. The van der Waals surface area contributed by atoms with Crippen LogP contribution in [-0.2, 0) is 0 Å². The molecule has 0 aliphatic heterocycles. The van der Waals surface area contributed by atoms with Gasteiger partial charge in [0.15, 0.2) is 17.5 Å². The summed E-state index contributed by atoms with van der Waals surface area (Å²) < 4.78 is 12.9. The van der Waals surface area contributed by atoms with Crippen molar-refractivity contribution in [2.24, 2.45) is 0 Å². The van der Waals surface area contributed by atoms with E-state index in [1.54, 1.807) is 0 Å². The number of rotatable bonds is 5. The molecule has 0 N–H and O–H groups in total. The van der Waals surface area contributed by atoms with Crippen LogP contribution >= 0.6 is 0 Å². The van der Waals surface area contributed by atoms with Gasteiger partial charge in [-0.05, 0) is 97.0 Å². The summed E-state index contributed by atoms with van der Waals surface area (Å²) in [5.74, 6) is 1.72. The van der Waals surface area contributed by atoms with E-state index < -0.39 is 0 Å². The lowest BCUT2D eigenvalue weighted by molar-refractivity contribution is 0.668. The van der Waals surface area contributed by atoms with Gasteiger partial charge in [0.25, 0.3) is 0 Å². The fraction of sp³-hybridized carbons (Fsp3) is 0. The lowest BCUT2D eigenvalue weighted by Gasteiger charge is -2.14. The maximum absolute atomic E-state index is 6.70. The van der Waals surface area contributed by atoms with Crippen LogP contribution in [-0.4, -0.2) is 15.0 Å². The van der Waals surface area contributed by atoms with Crippen LogP contribution < -0.4 is 0 Å². The molecule has 3 aromatic heterocycles. The minimum Gasteiger partial charge on any atom is -0.456 e. The quantitative estimate of drug-likeness (QED) is 0.162. The van der Waals surface area contributed by atoms with Crippen LogP contribution in [0.15, 0.2) is 209 Å². The van der Waals surface area contributed by atoms with E-state index in [0.29, 0.717) is 17.5 Å². The van der Waals surface area contributed by atoms with Crippen molar-refractivity contribution < 1.29 is 8.83 Å². The van der Waals surface area contributed by atoms with Gasteiger partial charge in [-0.2, -0.15) is 0 Å². The summed E-state index contributed by atoms with van der Waals surface area (Å²) in [6.45, 7) is 0. The summed E-state index contributed by atoms with van der Waals surface area (Å²) in [5, 5.41) is 11.1. The minimum absolute atomic E-state index is 0.563. The number of furan rings is 2. The first-order valence-corrected chi connectivity index (χ1v) is 20.8. The molecule has 10 aromatic carbocycles. The van der Waals surface area contributed by atoms with E-state index in [9.17, 15) is 0 Å². The molecule has 13 aromatic rings. The average molecular weight is 792 g/mol. The second-order valence-corrected chi connectivity index (χ2v) is 15.9. The van der Waals surface area contributed by atoms with E-state index in [1.807, 2.05) is 42.5 Å². The topological polar surface area (TPSA) is 65.0 Å². The highest BCUT2D eigenvalue weighted by Crippen LogP contribution is 2.44. The number of benzene rings is 10. The fourth-order valence-electron chi connectivity index (χ4n) is 9.44. The molecule has 0 unspecified atom stereocenters. The third-order valence-electron chi connectivity index (χ3n) is 12.3. The zero-order chi connectivity index (χ0) is 40.7. The predicted octanol–water partition coefficient (Wildman–Crippen LogP) is 15.5. The summed E-state index contributed by atoms with van der Waals surface area (Å²) in [4.78, 5) is 15.9. The maximum atomic E-state index is 6.70. The van der Waals surface area contributed by atoms with E-state index in [1.165, 1.54) is 32.7 Å². The molecule has 5 nitrogen and oxygen atoms in total. The van der Waals surface area contributed by atoms with Crippen LogP contribution in [0, 0.1) is 0 Å². The minimum atomic E-state index is 0.563. The SMILES string of the molecule is c1ccc(-c2ccc(-c3cccc4oc5cccc(-c6nc(-c7ccc8ccc9ccccc9c8c7)nc(-c7ccc8oc9ccccc9c8c7)n6)c5c34)c3ccccc23)cc1. The largest absolute Gasteiger partial charge is 0.456 e. The molecule has 0 radical (unpaired) electrons. The Hall–Kier alpha value is -8.41. The number of aromatic nitrogens is 3. The van der Waals surface area contributed by atoms with E-state index >= 15 is 0 Å². The molecule has 13 rings (SSSR count). The summed E-state index contributed by atoms with van der Waals surface area (Å²) in [6, 6.07) is 69.9. The van der Waals surface area contributed by atoms with Crippen LogP contribution in [0.3, 0.4) is 0 Å². The van der Waals surface area contributed by atoms with Gasteiger partial charge in [0.2, 0.25) is 0 Å². The van der Waals surface area contributed by atoms with E-state index in [-0.39, 0.29) is 0 Å². The molecular weight excluding hydrogens is 759 g/mol. The second kappa shape index (κ2) is 13.6. The highest BCUT2D eigenvalue weighted by atomic mass is 16.3. The van der Waals surface area contributed by atoms with Gasteiger partial charge in [-0.15, -0.1) is 0 Å². The van der Waals surface area contributed by atoms with Crippen molar-refractivity contribution >= 4 is 76.2 Å². The maximum Gasteiger partial charge on any atom is 0.164 e. The average Bonchev–Trinajstić information content (AvgIpc) is 3.92. The van der Waals surface area contributed by atoms with Gasteiger partial charge >= 0.3 is 0 Å². The van der Waals surface area contributed by atoms with Crippen molar-refractivity contribution in [1.29, 1.82) is 0 Å². The van der Waals surface area contributed by atoms with E-state index in [2.05, 4.69) is 158 Å². The molecular formula is C57H33N3O2. The van der Waals surface area contributed by atoms with Crippen molar-refractivity contribution in [2.45, 2.75) is 0 Å². The Morgan fingerprint density at radius 3 is 1.56 bits per heavy atom. The molecule has 0 saturated heterocycles. The smallest absolute Gasteiger partial charge is 0.164 e. The van der Waals surface area contributed by atoms with Crippen LogP contribution in [0.25, 0.3) is 133 Å². The number of fused-ring (bicyclic) bond motifs is 10. The van der Waals surface area contributed by atoms with Gasteiger partial charge in [0.05, 0.1) is 0 Å². The Kier molecular flexibility index (Phi) is 7.54. The lowest BCUT2D eigenvalue weighted by Crippen LogP contribution is -2.00. The number of hydrogen-bond acceptors (Lipinski definition) is 5. The van der Waals surface area contributed by atoms with E-state index in [0.717, 1.165) is 82.5 Å². The monoisotopic (exact) mass is 791 g/mol. The first kappa shape index (κ1) is 34.5. The first-order valence-electron chi connectivity index (χ1n) is 20.8. The van der Waals surface area contributed by atoms with Gasteiger partial charge in [0.1, 0.15) is 22.3 Å². The van der Waals surface area contributed by atoms with Gasteiger partial charge in [-0.25, -0.2) is 15.0 Å². The number of para-hydroxylation sites is 1. The molecule has 0 amide bonds. The molecule has 0 fully saturated rings. The molecule has 62 heavy (non-hydrogen) atoms. The van der Waals surface area contributed by atoms with Crippen LogP contribution in [0.4, 0.5) is 0 Å². The molecule has 0 saturated carbocycles. The third kappa shape index (κ3) is 5.38. The molecule has 0 spiro atoms. The Balaban J connectivity index is 1.06. The molecule has 0 aliphatic rings. The highest BCUT2D eigenvalue weighted by Gasteiger charge is 2.22. The van der Waals surface area contributed by atoms with Crippen molar-refractivity contribution in [3.63, 3.8) is 0 Å². The summed E-state index contributed by atoms with van der Waals surface area (Å²) in [5.41, 5.74) is 10.5. The molecule has 0 bridgehead atoms. The Labute approximate surface area is 355 Å². The van der Waals surface area contributed by atoms with Crippen LogP contribution in [0.1, 0.15) is 0 Å². The number of nitrogens with zero attached hydrogens (tertiary/aromatic N) is 3. The van der Waals surface area contributed by atoms with Crippen molar-refractivity contribution in [1.82, 2.24) is 15.0 Å². The third-order valence-corrected chi connectivity index (χ3v) is 12.3. The Morgan fingerprint density at radius 2 is 0.774 bits per heavy atom. The van der Waals surface area contributed by atoms with Gasteiger partial charge in [-0.1, -0.05) is 158 Å². The molecule has 3 heterocycles. The second-order valence-electron chi connectivity index (χ2n) is 15.9. The van der Waals surface area contributed by atoms with Gasteiger partial charge in [-0.3, -0.25) is 0 Å². The van der Waals surface area contributed by atoms with Gasteiger partial charge < -0.3 is 8.83 Å². The highest BCUT2D eigenvalue weighted by molar-refractivity contribution is 6.20. The zero-order valence-electron chi connectivity index (χ0n) is 33.2. The fourth-order valence-corrected chi connectivity index (χ4v) is 9.44. The summed E-state index contributed by atoms with van der Waals surface area (Å²) in [6.07, 6.45) is 0. The normalized spacial score (nSPS) is 11.9. The van der Waals surface area contributed by atoms with Crippen molar-refractivity contribution in [2.75, 3.05) is 0 Å². The summed E-state index contributed by atoms with van der Waals surface area (Å²) >= 11 is 0. The van der Waals surface area contributed by atoms with Crippen LogP contribution in [0.5, 0.6) is 0 Å². The van der Waals surface area contributed by atoms with Crippen molar-refractivity contribution in [3.05, 3.63) is 200 Å². The Morgan fingerprint density at radius 1 is 0.258 bits per heavy atom. The Bertz CT molecular complexity index is 3940. The summed E-state index contributed by atoms with van der Waals surface area (Å²) in [7, 11) is 0. The molecule has 5 heteroatoms. The van der Waals surface area contributed by atoms with Crippen LogP contribution in [0.2, 0.25) is 0 Å². The molecule has 288 valence electrons. The van der Waals surface area contributed by atoms with Gasteiger partial charge in [0, 0.05) is 38.2 Å². The first-order chi connectivity index (χ1) is 30.7. The predicted molar refractivity (Wildman–Crippen MR) is 254 cm³/mol. The standard InChI is InChI=1S/C57H33N3O2/c1-2-12-34(13-3-1)40-29-30-43(42-17-7-6-16-41(40)42)45-19-10-22-51-53(45)54-46(20-11-23-52(54)62-51)57-59-55(37-27-26-36-25-24-35-14-4-5-15-39(35)47(36)32-37)58-56(60-57)38-28-31-50-48(33-38)44-18-8-9-21-49(44)61-50/h1-33H. The lowest BCUT2D eigenvalue weighted by atomic mass is 9.90.